The monoisotopic (exact) mass is 403 g/mol. The number of hydrogen-bond donors (Lipinski definition) is 2. The van der Waals surface area contributed by atoms with Gasteiger partial charge in [-0.1, -0.05) is 31.2 Å². The van der Waals surface area contributed by atoms with E-state index in [0.717, 1.165) is 21.7 Å². The predicted molar refractivity (Wildman–Crippen MR) is 84.7 cm³/mol. The van der Waals surface area contributed by atoms with Crippen LogP contribution in [-0.4, -0.2) is 38.0 Å². The molecule has 8 heteroatoms. The first-order chi connectivity index (χ1) is 9.36. The number of sulfonamides is 1. The fraction of sp³-hybridized carbons (Fsp3) is 0.429. The summed E-state index contributed by atoms with van der Waals surface area (Å²) < 4.78 is 23.9. The number of nitrogens with zero attached hydrogens (tertiary/aromatic N) is 1. The third-order valence-electron chi connectivity index (χ3n) is 2.89. The molecule has 1 amide bonds. The van der Waals surface area contributed by atoms with Crippen molar-refractivity contribution in [2.75, 3.05) is 19.3 Å². The van der Waals surface area contributed by atoms with E-state index in [2.05, 4.69) is 5.32 Å². The van der Waals surface area contributed by atoms with Gasteiger partial charge in [0.2, 0.25) is 15.9 Å². The van der Waals surface area contributed by atoms with E-state index in [1.54, 1.807) is 6.92 Å². The first-order valence-corrected chi connectivity index (χ1v) is 8.21. The maximum Gasteiger partial charge on any atom is 0.235 e. The molecule has 0 unspecified atom stereocenters. The van der Waals surface area contributed by atoms with Crippen LogP contribution >= 0.6 is 0 Å². The van der Waals surface area contributed by atoms with E-state index in [1.165, 1.54) is 0 Å². The molecule has 1 rings (SSSR count). The molecule has 0 bridgehead atoms. The average molecular weight is 403 g/mol. The molecule has 0 aliphatic carbocycles. The van der Waals surface area contributed by atoms with Gasteiger partial charge in [0.25, 0.3) is 0 Å². The maximum absolute atomic E-state index is 11.7. The van der Waals surface area contributed by atoms with Gasteiger partial charge < -0.3 is 18.5 Å². The number of nitrogens with one attached hydrogen (secondary N) is 1. The van der Waals surface area contributed by atoms with E-state index in [1.807, 2.05) is 24.3 Å². The van der Waals surface area contributed by atoms with Crippen molar-refractivity contribution < 1.29 is 45.9 Å². The van der Waals surface area contributed by atoms with Gasteiger partial charge in [0.15, 0.2) is 0 Å². The standard InChI is InChI=1S/C13H21N3O3S.CH3.Y/c1-3-16(20(2,18)19)10-13(17)15-9-12-6-4-11(8-14)5-7-12;;/h4-7H,3,8-10,14H2,1-2H3,(H,15,17);1H3;/q;-1;. The van der Waals surface area contributed by atoms with Crippen LogP contribution in [0.15, 0.2) is 24.3 Å². The van der Waals surface area contributed by atoms with Crippen LogP contribution < -0.4 is 11.1 Å². The van der Waals surface area contributed by atoms with E-state index < -0.39 is 10.0 Å². The number of amides is 1. The van der Waals surface area contributed by atoms with Crippen LogP contribution in [0.2, 0.25) is 0 Å². The van der Waals surface area contributed by atoms with Crippen LogP contribution in [0.3, 0.4) is 0 Å². The van der Waals surface area contributed by atoms with Crippen molar-refractivity contribution in [1.82, 2.24) is 9.62 Å². The molecule has 0 aliphatic rings. The molecule has 6 nitrogen and oxygen atoms in total. The van der Waals surface area contributed by atoms with Crippen molar-refractivity contribution >= 4 is 15.9 Å². The first kappa shape index (κ1) is 23.9. The maximum atomic E-state index is 11.7. The molecule has 0 aliphatic heterocycles. The number of benzene rings is 1. The molecule has 123 valence electrons. The van der Waals surface area contributed by atoms with Crippen molar-refractivity contribution in [2.24, 2.45) is 5.73 Å². The minimum Gasteiger partial charge on any atom is -0.358 e. The van der Waals surface area contributed by atoms with Gasteiger partial charge in [-0.3, -0.25) is 4.79 Å². The zero-order valence-corrected chi connectivity index (χ0v) is 17.0. The fourth-order valence-corrected chi connectivity index (χ4v) is 2.49. The third kappa shape index (κ3) is 8.34. The van der Waals surface area contributed by atoms with Crippen molar-refractivity contribution in [2.45, 2.75) is 20.0 Å². The van der Waals surface area contributed by atoms with Crippen molar-refractivity contribution in [3.63, 3.8) is 0 Å². The summed E-state index contributed by atoms with van der Waals surface area (Å²) in [4.78, 5) is 11.7. The summed E-state index contributed by atoms with van der Waals surface area (Å²) >= 11 is 0. The second-order valence-corrected chi connectivity index (χ2v) is 6.47. The summed E-state index contributed by atoms with van der Waals surface area (Å²) in [5.41, 5.74) is 7.47. The number of hydrogen-bond acceptors (Lipinski definition) is 4. The van der Waals surface area contributed by atoms with E-state index in [0.29, 0.717) is 13.1 Å². The number of likely N-dealkylation sites (N-methyl/N-ethyl adjacent to an activating group) is 1. The molecule has 1 radical (unpaired) electrons. The number of nitrogens with two attached hydrogens (primary N) is 1. The third-order valence-corrected chi connectivity index (χ3v) is 4.22. The topological polar surface area (TPSA) is 92.5 Å². The molecule has 1 aromatic rings. The Balaban J connectivity index is 0. The Morgan fingerprint density at radius 1 is 1.23 bits per heavy atom. The van der Waals surface area contributed by atoms with Crippen LogP contribution in [-0.2, 0) is 60.6 Å². The molecular weight excluding hydrogens is 379 g/mol. The summed E-state index contributed by atoms with van der Waals surface area (Å²) in [7, 11) is -3.34. The number of carbonyl (C=O) groups excluding carboxylic acids is 1. The summed E-state index contributed by atoms with van der Waals surface area (Å²) in [6.45, 7) is 2.66. The normalized spacial score (nSPS) is 10.5. The van der Waals surface area contributed by atoms with Crippen LogP contribution in [0, 0.1) is 7.43 Å². The van der Waals surface area contributed by atoms with Crippen molar-refractivity contribution in [1.29, 1.82) is 0 Å². The summed E-state index contributed by atoms with van der Waals surface area (Å²) in [5.74, 6) is -0.319. The average Bonchev–Trinajstić information content (AvgIpc) is 2.41. The van der Waals surface area contributed by atoms with Gasteiger partial charge in [0.1, 0.15) is 0 Å². The molecule has 0 saturated heterocycles. The molecule has 0 atom stereocenters. The molecule has 0 fully saturated rings. The predicted octanol–water partition coefficient (Wildman–Crippen LogP) is 0.491. The Hall–Kier alpha value is -0.336. The van der Waals surface area contributed by atoms with Crippen molar-refractivity contribution in [3.8, 4) is 0 Å². The first-order valence-electron chi connectivity index (χ1n) is 6.36. The fourth-order valence-electron chi connectivity index (χ4n) is 1.67. The second kappa shape index (κ2) is 11.2. The van der Waals surface area contributed by atoms with Gasteiger partial charge in [-0.05, 0) is 11.1 Å². The molecule has 0 spiro atoms. The van der Waals surface area contributed by atoms with Crippen molar-refractivity contribution in [3.05, 3.63) is 42.8 Å². The molecule has 0 saturated carbocycles. The van der Waals surface area contributed by atoms with Crippen LogP contribution in [0.25, 0.3) is 0 Å². The Morgan fingerprint density at radius 3 is 2.14 bits per heavy atom. The molecule has 0 heterocycles. The van der Waals surface area contributed by atoms with Gasteiger partial charge in [-0.15, -0.1) is 0 Å². The van der Waals surface area contributed by atoms with E-state index >= 15 is 0 Å². The van der Waals surface area contributed by atoms with Crippen LogP contribution in [0.5, 0.6) is 0 Å². The van der Waals surface area contributed by atoms with E-state index in [9.17, 15) is 13.2 Å². The minimum absolute atomic E-state index is 0. The zero-order valence-electron chi connectivity index (χ0n) is 13.4. The molecule has 22 heavy (non-hydrogen) atoms. The largest absolute Gasteiger partial charge is 0.358 e. The molecule has 0 aromatic heterocycles. The van der Waals surface area contributed by atoms with Gasteiger partial charge in [0.05, 0.1) is 12.8 Å². The molecule has 1 aromatic carbocycles. The smallest absolute Gasteiger partial charge is 0.235 e. The van der Waals surface area contributed by atoms with Gasteiger partial charge >= 0.3 is 0 Å². The van der Waals surface area contributed by atoms with E-state index in [-0.39, 0.29) is 59.1 Å². The Labute approximate surface area is 158 Å². The molecule has 3 N–H and O–H groups in total. The second-order valence-electron chi connectivity index (χ2n) is 4.49. The van der Waals surface area contributed by atoms with E-state index in [4.69, 9.17) is 5.73 Å². The Kier molecular flexibility index (Phi) is 12.2. The van der Waals surface area contributed by atoms with Crippen LogP contribution in [0.1, 0.15) is 18.1 Å². The Morgan fingerprint density at radius 2 is 1.73 bits per heavy atom. The minimum atomic E-state index is -3.34. The summed E-state index contributed by atoms with van der Waals surface area (Å²) in [5, 5.41) is 2.70. The van der Waals surface area contributed by atoms with Gasteiger partial charge in [0, 0.05) is 52.3 Å². The summed E-state index contributed by atoms with van der Waals surface area (Å²) in [6.07, 6.45) is 1.09. The quantitative estimate of drug-likeness (QED) is 0.649. The summed E-state index contributed by atoms with van der Waals surface area (Å²) in [6, 6.07) is 7.57. The number of carbonyl (C=O) groups is 1. The number of rotatable bonds is 7. The molecular formula is C14H24N3O3SY-. The SMILES string of the molecule is CCN(CC(=O)NCc1ccc(CN)cc1)S(C)(=O)=O.[CH3-].[Y]. The van der Waals surface area contributed by atoms with Crippen LogP contribution in [0.4, 0.5) is 0 Å². The Bertz CT molecular complexity index is 547. The zero-order chi connectivity index (χ0) is 15.2. The van der Waals surface area contributed by atoms with Gasteiger partial charge in [-0.25, -0.2) is 8.42 Å². The van der Waals surface area contributed by atoms with Gasteiger partial charge in [-0.2, -0.15) is 4.31 Å².